The fourth-order valence-corrected chi connectivity index (χ4v) is 11.4. The van der Waals surface area contributed by atoms with Gasteiger partial charge in [-0.25, -0.2) is 0 Å². The minimum absolute atomic E-state index is 0.0238. The molecule has 0 fully saturated rings. The molecule has 0 aliphatic rings. The average Bonchev–Trinajstić information content (AvgIpc) is 3.04. The largest absolute Gasteiger partial charge is 0.336 e. The summed E-state index contributed by atoms with van der Waals surface area (Å²) in [5.41, 5.74) is 3.68. The Morgan fingerprint density at radius 1 is 0.333 bits per heavy atom. The van der Waals surface area contributed by atoms with E-state index in [-0.39, 0.29) is 5.67 Å². The van der Waals surface area contributed by atoms with Crippen molar-refractivity contribution in [2.24, 2.45) is 0 Å². The predicted molar refractivity (Wildman–Crippen MR) is 168 cm³/mol. The second kappa shape index (κ2) is 11.4. The highest BCUT2D eigenvalue weighted by Gasteiger charge is 2.50. The summed E-state index contributed by atoms with van der Waals surface area (Å²) in [6.45, 7) is 0. The van der Waals surface area contributed by atoms with E-state index in [9.17, 15) is 0 Å². The number of para-hydroxylation sites is 2. The van der Waals surface area contributed by atoms with Crippen LogP contribution < -0.4 is 20.5 Å². The lowest BCUT2D eigenvalue weighted by atomic mass is 10.1. The Morgan fingerprint density at radius 3 is 0.949 bits per heavy atom. The van der Waals surface area contributed by atoms with E-state index in [0.29, 0.717) is 0 Å². The van der Waals surface area contributed by atoms with Crippen molar-refractivity contribution in [3.05, 3.63) is 188 Å². The van der Waals surface area contributed by atoms with E-state index in [0.717, 1.165) is 0 Å². The molecule has 0 aliphatic carbocycles. The molecule has 6 aromatic rings. The Labute approximate surface area is 232 Å². The molecule has 0 heterocycles. The van der Waals surface area contributed by atoms with Crippen molar-refractivity contribution >= 4 is 35.0 Å². The molecule has 39 heavy (non-hydrogen) atoms. The number of rotatable bonds is 8. The quantitative estimate of drug-likeness (QED) is 0.152. The molecule has 188 valence electrons. The Balaban J connectivity index is 1.79. The number of anilines is 2. The van der Waals surface area contributed by atoms with Crippen molar-refractivity contribution in [2.45, 2.75) is 5.67 Å². The van der Waals surface area contributed by atoms with Gasteiger partial charge in [0.05, 0.1) is 5.67 Å². The van der Waals surface area contributed by atoms with Gasteiger partial charge in [0, 0.05) is 11.4 Å². The van der Waals surface area contributed by atoms with Gasteiger partial charge in [0.25, 0.3) is 0 Å². The number of nitrogens with zero attached hydrogens (tertiary/aromatic N) is 1. The summed E-state index contributed by atoms with van der Waals surface area (Å²) in [7, 11) is -2.80. The summed E-state index contributed by atoms with van der Waals surface area (Å²) in [6.07, 6.45) is 0. The van der Waals surface area contributed by atoms with Gasteiger partial charge in [-0.2, -0.15) is 0 Å². The van der Waals surface area contributed by atoms with Crippen molar-refractivity contribution < 1.29 is 0 Å². The van der Waals surface area contributed by atoms with Crippen LogP contribution in [0.5, 0.6) is 0 Å². The van der Waals surface area contributed by atoms with E-state index in [2.05, 4.69) is 187 Å². The molecular formula is C37H31NSi. The number of hydrogen-bond donors (Lipinski definition) is 0. The predicted octanol–water partition coefficient (Wildman–Crippen LogP) is 7.28. The van der Waals surface area contributed by atoms with E-state index in [1.54, 1.807) is 0 Å². The van der Waals surface area contributed by atoms with Crippen LogP contribution >= 0.6 is 0 Å². The molecule has 0 bridgehead atoms. The Morgan fingerprint density at radius 2 is 0.615 bits per heavy atom. The third-order valence-electron chi connectivity index (χ3n) is 7.54. The average molecular weight is 518 g/mol. The molecule has 0 saturated heterocycles. The van der Waals surface area contributed by atoms with Crippen LogP contribution in [0.2, 0.25) is 0 Å². The van der Waals surface area contributed by atoms with Gasteiger partial charge in [0.1, 0.15) is 0 Å². The summed E-state index contributed by atoms with van der Waals surface area (Å²) in [5, 5.41) is 4.15. The first-order valence-corrected chi connectivity index (χ1v) is 15.6. The van der Waals surface area contributed by atoms with Crippen molar-refractivity contribution in [1.29, 1.82) is 0 Å². The van der Waals surface area contributed by atoms with Crippen LogP contribution in [0.3, 0.4) is 0 Å². The fraction of sp³-hybridized carbons (Fsp3) is 0.0270. The SMILES string of the molecule is c1ccc([C@H](N(c2ccccc2)c2ccccc2)[Si](c2ccccc2)(c2ccccc2)c2ccccc2)cc1. The van der Waals surface area contributed by atoms with Crippen molar-refractivity contribution in [1.82, 2.24) is 0 Å². The Bertz CT molecular complexity index is 1440. The second-order valence-electron chi connectivity index (χ2n) is 9.76. The zero-order valence-corrected chi connectivity index (χ0v) is 22.8. The van der Waals surface area contributed by atoms with Gasteiger partial charge in [-0.3, -0.25) is 0 Å². The van der Waals surface area contributed by atoms with Crippen LogP contribution in [-0.4, -0.2) is 8.07 Å². The van der Waals surface area contributed by atoms with Crippen molar-refractivity contribution in [3.8, 4) is 0 Å². The van der Waals surface area contributed by atoms with Crippen LogP contribution in [0, 0.1) is 0 Å². The van der Waals surface area contributed by atoms with Crippen molar-refractivity contribution in [2.75, 3.05) is 4.90 Å². The third-order valence-corrected chi connectivity index (χ3v) is 12.7. The molecule has 0 spiro atoms. The maximum absolute atomic E-state index is 2.80. The van der Waals surface area contributed by atoms with Gasteiger partial charge < -0.3 is 4.90 Å². The number of benzene rings is 6. The molecule has 2 heteroatoms. The van der Waals surface area contributed by atoms with Gasteiger partial charge in [-0.05, 0) is 45.4 Å². The lowest BCUT2D eigenvalue weighted by Gasteiger charge is -2.47. The molecule has 1 nitrogen and oxygen atoms in total. The molecule has 0 amide bonds. The molecule has 0 aliphatic heterocycles. The molecular weight excluding hydrogens is 487 g/mol. The summed E-state index contributed by atoms with van der Waals surface area (Å²) in [6, 6.07) is 66.4. The number of hydrogen-bond acceptors (Lipinski definition) is 1. The maximum atomic E-state index is 2.58. The van der Waals surface area contributed by atoms with Crippen LogP contribution in [0.25, 0.3) is 0 Å². The standard InChI is InChI=1S/C37H31NSi/c1-7-19-31(20-8-1)37(38(32-21-9-2-10-22-32)33-23-11-3-12-24-33)39(34-25-13-4-14-26-34,35-27-15-5-16-28-35)36-29-17-6-18-30-36/h1-30,37H/t37-/m1/s1. The summed E-state index contributed by atoms with van der Waals surface area (Å²) >= 11 is 0. The molecule has 0 N–H and O–H groups in total. The van der Waals surface area contributed by atoms with E-state index in [1.165, 1.54) is 32.5 Å². The molecule has 6 aromatic carbocycles. The normalized spacial score (nSPS) is 12.0. The summed E-state index contributed by atoms with van der Waals surface area (Å²) < 4.78 is 0. The minimum Gasteiger partial charge on any atom is -0.336 e. The highest BCUT2D eigenvalue weighted by Crippen LogP contribution is 2.40. The van der Waals surface area contributed by atoms with E-state index in [1.807, 2.05) is 0 Å². The van der Waals surface area contributed by atoms with Gasteiger partial charge in [-0.1, -0.05) is 158 Å². The van der Waals surface area contributed by atoms with Gasteiger partial charge in [-0.15, -0.1) is 0 Å². The molecule has 0 radical (unpaired) electrons. The topological polar surface area (TPSA) is 3.24 Å². The van der Waals surface area contributed by atoms with Crippen LogP contribution in [0.4, 0.5) is 11.4 Å². The minimum atomic E-state index is -2.80. The zero-order chi connectivity index (χ0) is 26.3. The highest BCUT2D eigenvalue weighted by atomic mass is 28.3. The van der Waals surface area contributed by atoms with Gasteiger partial charge in [0.15, 0.2) is 8.07 Å². The van der Waals surface area contributed by atoms with Crippen LogP contribution in [0.1, 0.15) is 11.2 Å². The first-order valence-electron chi connectivity index (χ1n) is 13.5. The molecule has 0 saturated carbocycles. The molecule has 0 aromatic heterocycles. The molecule has 0 unspecified atom stereocenters. The second-order valence-corrected chi connectivity index (χ2v) is 13.7. The smallest absolute Gasteiger partial charge is 0.177 e. The Hall–Kier alpha value is -4.66. The summed E-state index contributed by atoms with van der Waals surface area (Å²) in [4.78, 5) is 2.58. The monoisotopic (exact) mass is 517 g/mol. The summed E-state index contributed by atoms with van der Waals surface area (Å²) in [5.74, 6) is 0. The van der Waals surface area contributed by atoms with Crippen molar-refractivity contribution in [3.63, 3.8) is 0 Å². The molecule has 6 rings (SSSR count). The van der Waals surface area contributed by atoms with Gasteiger partial charge in [0.2, 0.25) is 0 Å². The van der Waals surface area contributed by atoms with Crippen LogP contribution in [-0.2, 0) is 0 Å². The van der Waals surface area contributed by atoms with Gasteiger partial charge >= 0.3 is 0 Å². The first-order chi connectivity index (χ1) is 19.4. The first kappa shape index (κ1) is 24.7. The molecule has 1 atom stereocenters. The lowest BCUT2D eigenvalue weighted by Crippen LogP contribution is -2.73. The van der Waals surface area contributed by atoms with E-state index in [4.69, 9.17) is 0 Å². The third kappa shape index (κ3) is 4.71. The van der Waals surface area contributed by atoms with Crippen LogP contribution in [0.15, 0.2) is 182 Å². The highest BCUT2D eigenvalue weighted by molar-refractivity contribution is 7.12. The zero-order valence-electron chi connectivity index (χ0n) is 21.8. The van der Waals surface area contributed by atoms with E-state index >= 15 is 0 Å². The maximum Gasteiger partial charge on any atom is 0.177 e. The van der Waals surface area contributed by atoms with E-state index < -0.39 is 8.07 Å². The fourth-order valence-electron chi connectivity index (χ4n) is 5.93. The lowest BCUT2D eigenvalue weighted by molar-refractivity contribution is 0.908. The Kier molecular flexibility index (Phi) is 7.20.